The second-order valence-corrected chi connectivity index (χ2v) is 4.52. The molecule has 0 spiro atoms. The molecular weight excluding hydrogens is 256 g/mol. The molecule has 6 nitrogen and oxygen atoms in total. The molecule has 0 bridgehead atoms. The van der Waals surface area contributed by atoms with Crippen LogP contribution in [0.4, 0.5) is 0 Å². The summed E-state index contributed by atoms with van der Waals surface area (Å²) in [5.41, 5.74) is 0.301. The zero-order valence-corrected chi connectivity index (χ0v) is 10.2. The lowest BCUT2D eigenvalue weighted by Gasteiger charge is -2.06. The number of H-pyrrole nitrogens is 2. The molecule has 96 valence electrons. The van der Waals surface area contributed by atoms with Gasteiger partial charge < -0.3 is 4.98 Å². The maximum absolute atomic E-state index is 11.7. The Morgan fingerprint density at radius 2 is 1.65 bits per heavy atom. The number of nitrogens with zero attached hydrogens (tertiary/aromatic N) is 2. The van der Waals surface area contributed by atoms with Gasteiger partial charge in [0, 0.05) is 0 Å². The Hall–Kier alpha value is -3.02. The molecule has 0 unspecified atom stereocenters. The van der Waals surface area contributed by atoms with Gasteiger partial charge in [0.25, 0.3) is 5.56 Å². The van der Waals surface area contributed by atoms with Crippen LogP contribution in [0.3, 0.4) is 0 Å². The summed E-state index contributed by atoms with van der Waals surface area (Å²) in [6, 6.07) is 11.7. The highest BCUT2D eigenvalue weighted by Gasteiger charge is 2.13. The van der Waals surface area contributed by atoms with Crippen molar-refractivity contribution in [2.24, 2.45) is 0 Å². The highest BCUT2D eigenvalue weighted by molar-refractivity contribution is 5.95. The molecular formula is C14H8N4O2. The molecule has 2 aromatic carbocycles. The maximum atomic E-state index is 11.7. The Bertz CT molecular complexity index is 1050. The van der Waals surface area contributed by atoms with E-state index >= 15 is 0 Å². The highest BCUT2D eigenvalue weighted by atomic mass is 16.2. The highest BCUT2D eigenvalue weighted by Crippen LogP contribution is 2.22. The van der Waals surface area contributed by atoms with Crippen molar-refractivity contribution in [1.82, 2.24) is 19.9 Å². The predicted octanol–water partition coefficient (Wildman–Crippen LogP) is 1.26. The second-order valence-electron chi connectivity index (χ2n) is 4.52. The fraction of sp³-hybridized carbons (Fsp3) is 0. The number of hydrogen-bond acceptors (Lipinski definition) is 4. The third kappa shape index (κ3) is 1.51. The zero-order valence-electron chi connectivity index (χ0n) is 10.2. The third-order valence-electron chi connectivity index (χ3n) is 3.22. The largest absolute Gasteiger partial charge is 0.349 e. The van der Waals surface area contributed by atoms with E-state index in [1.165, 1.54) is 0 Å². The first-order chi connectivity index (χ1) is 9.70. The van der Waals surface area contributed by atoms with Crippen LogP contribution < -0.4 is 11.2 Å². The summed E-state index contributed by atoms with van der Waals surface area (Å²) in [6.45, 7) is 0. The van der Waals surface area contributed by atoms with Crippen LogP contribution in [0.25, 0.3) is 33.3 Å². The first-order valence-electron chi connectivity index (χ1n) is 6.03. The average Bonchev–Trinajstić information content (AvgIpc) is 2.43. The van der Waals surface area contributed by atoms with Crippen LogP contribution in [-0.4, -0.2) is 19.9 Å². The molecule has 20 heavy (non-hydrogen) atoms. The molecule has 6 heteroatoms. The number of fused-ring (bicyclic) bond motifs is 3. The number of aromatic amines is 2. The molecule has 0 aliphatic carbocycles. The lowest BCUT2D eigenvalue weighted by Crippen LogP contribution is -2.26. The van der Waals surface area contributed by atoms with E-state index in [2.05, 4.69) is 19.9 Å². The Morgan fingerprint density at radius 1 is 0.900 bits per heavy atom. The van der Waals surface area contributed by atoms with E-state index in [9.17, 15) is 9.59 Å². The number of aromatic nitrogens is 4. The fourth-order valence-electron chi connectivity index (χ4n) is 2.31. The van der Waals surface area contributed by atoms with E-state index in [-0.39, 0.29) is 11.5 Å². The number of nitrogens with one attached hydrogen (secondary N) is 2. The first kappa shape index (κ1) is 10.9. The zero-order chi connectivity index (χ0) is 13.7. The normalized spacial score (nSPS) is 11.4. The van der Waals surface area contributed by atoms with E-state index < -0.39 is 11.2 Å². The van der Waals surface area contributed by atoms with Crippen molar-refractivity contribution in [3.63, 3.8) is 0 Å². The number of hydrogen-bond donors (Lipinski definition) is 2. The SMILES string of the molecule is O=c1nc2[nH]c3cc4ccccc4cc3nc-2c(=O)[nH]1. The van der Waals surface area contributed by atoms with Gasteiger partial charge in [0.2, 0.25) is 0 Å². The van der Waals surface area contributed by atoms with Crippen molar-refractivity contribution < 1.29 is 0 Å². The molecule has 2 aromatic rings. The molecule has 0 fully saturated rings. The molecule has 0 aromatic heterocycles. The fourth-order valence-corrected chi connectivity index (χ4v) is 2.31. The van der Waals surface area contributed by atoms with E-state index in [4.69, 9.17) is 0 Å². The Labute approximate surface area is 111 Å². The van der Waals surface area contributed by atoms with Gasteiger partial charge in [0.1, 0.15) is 0 Å². The lowest BCUT2D eigenvalue weighted by atomic mass is 10.1. The quantitative estimate of drug-likeness (QED) is 0.468. The van der Waals surface area contributed by atoms with E-state index in [1.54, 1.807) is 0 Å². The second kappa shape index (κ2) is 3.74. The monoisotopic (exact) mass is 264 g/mol. The first-order valence-corrected chi connectivity index (χ1v) is 6.03. The smallest absolute Gasteiger partial charge is 0.336 e. The molecule has 0 atom stereocenters. The molecule has 2 heterocycles. The third-order valence-corrected chi connectivity index (χ3v) is 3.22. The predicted molar refractivity (Wildman–Crippen MR) is 74.9 cm³/mol. The molecule has 2 aliphatic heterocycles. The number of rotatable bonds is 0. The lowest BCUT2D eigenvalue weighted by molar-refractivity contribution is 0.990. The standard InChI is InChI=1S/C14H8N4O2/c19-13-11-12(17-14(20)18-13)16-10-6-8-4-2-1-3-7(8)5-9(10)15-11/h1-6H,(H2,16,17,18,19,20). The molecule has 0 saturated heterocycles. The summed E-state index contributed by atoms with van der Waals surface area (Å²) in [5, 5.41) is 2.08. The van der Waals surface area contributed by atoms with Gasteiger partial charge in [-0.3, -0.25) is 9.78 Å². The maximum Gasteiger partial charge on any atom is 0.349 e. The summed E-state index contributed by atoms with van der Waals surface area (Å²) in [7, 11) is 0. The molecule has 2 aliphatic rings. The van der Waals surface area contributed by atoms with E-state index in [0.29, 0.717) is 5.52 Å². The molecule has 0 saturated carbocycles. The van der Waals surface area contributed by atoms with Gasteiger partial charge in [0.05, 0.1) is 11.0 Å². The van der Waals surface area contributed by atoms with Crippen molar-refractivity contribution in [2.45, 2.75) is 0 Å². The molecule has 0 amide bonds. The minimum absolute atomic E-state index is 0.132. The summed E-state index contributed by atoms with van der Waals surface area (Å²) in [5.74, 6) is 0.196. The van der Waals surface area contributed by atoms with Crippen LogP contribution in [0, 0.1) is 0 Å². The van der Waals surface area contributed by atoms with Crippen molar-refractivity contribution in [1.29, 1.82) is 0 Å². The van der Waals surface area contributed by atoms with Crippen LogP contribution in [0.5, 0.6) is 0 Å². The summed E-state index contributed by atoms with van der Waals surface area (Å²) < 4.78 is 0. The summed E-state index contributed by atoms with van der Waals surface area (Å²) >= 11 is 0. The minimum atomic E-state index is -0.680. The van der Waals surface area contributed by atoms with Crippen molar-refractivity contribution in [2.75, 3.05) is 0 Å². The summed E-state index contributed by atoms with van der Waals surface area (Å²) in [6.07, 6.45) is 0. The minimum Gasteiger partial charge on any atom is -0.336 e. The Morgan fingerprint density at radius 3 is 2.45 bits per heavy atom. The van der Waals surface area contributed by atoms with Crippen molar-refractivity contribution in [3.8, 4) is 11.5 Å². The van der Waals surface area contributed by atoms with Gasteiger partial charge in [-0.1, -0.05) is 24.3 Å². The van der Waals surface area contributed by atoms with Crippen molar-refractivity contribution >= 4 is 21.8 Å². The van der Waals surface area contributed by atoms with Gasteiger partial charge in [-0.25, -0.2) is 9.78 Å². The van der Waals surface area contributed by atoms with Gasteiger partial charge in [0.15, 0.2) is 11.5 Å². The van der Waals surface area contributed by atoms with Gasteiger partial charge in [-0.2, -0.15) is 4.98 Å². The van der Waals surface area contributed by atoms with Crippen LogP contribution in [0.1, 0.15) is 0 Å². The van der Waals surface area contributed by atoms with Gasteiger partial charge in [-0.05, 0) is 22.9 Å². The van der Waals surface area contributed by atoms with Crippen LogP contribution in [-0.2, 0) is 0 Å². The summed E-state index contributed by atoms with van der Waals surface area (Å²) in [4.78, 5) is 36.1. The molecule has 4 rings (SSSR count). The molecule has 2 N–H and O–H groups in total. The van der Waals surface area contributed by atoms with Crippen LogP contribution in [0.2, 0.25) is 0 Å². The van der Waals surface area contributed by atoms with Crippen LogP contribution >= 0.6 is 0 Å². The topological polar surface area (TPSA) is 91.5 Å². The van der Waals surface area contributed by atoms with E-state index in [1.807, 2.05) is 36.4 Å². The van der Waals surface area contributed by atoms with Crippen molar-refractivity contribution in [3.05, 3.63) is 57.2 Å². The van der Waals surface area contributed by atoms with Gasteiger partial charge in [-0.15, -0.1) is 0 Å². The Kier molecular flexibility index (Phi) is 2.03. The Balaban J connectivity index is 2.22. The van der Waals surface area contributed by atoms with Gasteiger partial charge >= 0.3 is 5.69 Å². The van der Waals surface area contributed by atoms with E-state index in [0.717, 1.165) is 16.3 Å². The average molecular weight is 264 g/mol. The number of benzene rings is 2. The molecule has 0 radical (unpaired) electrons. The van der Waals surface area contributed by atoms with Crippen LogP contribution in [0.15, 0.2) is 46.0 Å².